The first-order chi connectivity index (χ1) is 10.2. The summed E-state index contributed by atoms with van der Waals surface area (Å²) in [6.07, 6.45) is 5.65. The Kier molecular flexibility index (Phi) is 5.33. The Bertz CT molecular complexity index is 626. The zero-order valence-electron chi connectivity index (χ0n) is 12.6. The molecule has 1 N–H and O–H groups in total. The Balaban J connectivity index is 1.97. The number of para-hydroxylation sites is 1. The van der Waals surface area contributed by atoms with Crippen LogP contribution >= 0.6 is 0 Å². The number of amides is 1. The van der Waals surface area contributed by atoms with Crippen molar-refractivity contribution in [3.05, 3.63) is 71.3 Å². The third-order valence-corrected chi connectivity index (χ3v) is 3.35. The number of carbonyl (C=O) groups is 1. The molecular formula is C19H21NO. The van der Waals surface area contributed by atoms with Crippen molar-refractivity contribution in [2.75, 3.05) is 5.32 Å². The summed E-state index contributed by atoms with van der Waals surface area (Å²) in [5.41, 5.74) is 4.28. The maximum Gasteiger partial charge on any atom is 0.248 e. The highest BCUT2D eigenvalue weighted by Gasteiger charge is 2.00. The fourth-order valence-corrected chi connectivity index (χ4v) is 2.14. The SMILES string of the molecule is CCCc1ccc(/C=C/C(=O)Nc2ccccc2C)cc1. The first-order valence-corrected chi connectivity index (χ1v) is 7.32. The summed E-state index contributed by atoms with van der Waals surface area (Å²) in [5.74, 6) is -0.109. The van der Waals surface area contributed by atoms with E-state index in [1.165, 1.54) is 5.56 Å². The van der Waals surface area contributed by atoms with Crippen LogP contribution in [-0.4, -0.2) is 5.91 Å². The molecule has 0 atom stereocenters. The number of hydrogen-bond acceptors (Lipinski definition) is 1. The van der Waals surface area contributed by atoms with Gasteiger partial charge < -0.3 is 5.32 Å². The second-order valence-corrected chi connectivity index (χ2v) is 5.13. The van der Waals surface area contributed by atoms with E-state index < -0.39 is 0 Å². The quantitative estimate of drug-likeness (QED) is 0.796. The lowest BCUT2D eigenvalue weighted by molar-refractivity contribution is -0.111. The molecule has 2 nitrogen and oxygen atoms in total. The number of nitrogens with one attached hydrogen (secondary N) is 1. The minimum atomic E-state index is -0.109. The Labute approximate surface area is 126 Å². The number of rotatable bonds is 5. The van der Waals surface area contributed by atoms with Crippen LogP contribution in [0, 0.1) is 6.92 Å². The molecule has 0 aliphatic heterocycles. The van der Waals surface area contributed by atoms with E-state index in [1.54, 1.807) is 6.08 Å². The molecule has 0 radical (unpaired) electrons. The van der Waals surface area contributed by atoms with E-state index in [1.807, 2.05) is 49.4 Å². The second kappa shape index (κ2) is 7.44. The molecule has 0 spiro atoms. The van der Waals surface area contributed by atoms with Gasteiger partial charge in [-0.15, -0.1) is 0 Å². The van der Waals surface area contributed by atoms with Crippen LogP contribution in [0.4, 0.5) is 5.69 Å². The lowest BCUT2D eigenvalue weighted by atomic mass is 10.1. The maximum absolute atomic E-state index is 11.9. The molecular weight excluding hydrogens is 258 g/mol. The number of anilines is 1. The maximum atomic E-state index is 11.9. The zero-order chi connectivity index (χ0) is 15.1. The van der Waals surface area contributed by atoms with Gasteiger partial charge >= 0.3 is 0 Å². The summed E-state index contributed by atoms with van der Waals surface area (Å²) < 4.78 is 0. The molecule has 1 amide bonds. The predicted molar refractivity (Wildman–Crippen MR) is 89.3 cm³/mol. The van der Waals surface area contributed by atoms with Crippen molar-refractivity contribution in [2.24, 2.45) is 0 Å². The molecule has 2 aromatic rings. The van der Waals surface area contributed by atoms with Gasteiger partial charge in [-0.05, 0) is 42.2 Å². The summed E-state index contributed by atoms with van der Waals surface area (Å²) in [6.45, 7) is 4.15. The van der Waals surface area contributed by atoms with Gasteiger partial charge in [0.1, 0.15) is 0 Å². The number of aryl methyl sites for hydroxylation is 2. The molecule has 0 saturated carbocycles. The first kappa shape index (κ1) is 15.0. The number of carbonyl (C=O) groups excluding carboxylic acids is 1. The molecule has 0 heterocycles. The molecule has 0 saturated heterocycles. The highest BCUT2D eigenvalue weighted by atomic mass is 16.1. The molecule has 0 aromatic heterocycles. The minimum absolute atomic E-state index is 0.109. The van der Waals surface area contributed by atoms with Crippen LogP contribution in [0.1, 0.15) is 30.0 Å². The summed E-state index contributed by atoms with van der Waals surface area (Å²) >= 11 is 0. The van der Waals surface area contributed by atoms with Crippen molar-refractivity contribution >= 4 is 17.7 Å². The van der Waals surface area contributed by atoms with Crippen LogP contribution in [0.3, 0.4) is 0 Å². The smallest absolute Gasteiger partial charge is 0.248 e. The Morgan fingerprint density at radius 2 is 1.81 bits per heavy atom. The summed E-state index contributed by atoms with van der Waals surface area (Å²) in [4.78, 5) is 11.9. The van der Waals surface area contributed by atoms with Crippen LogP contribution in [0.5, 0.6) is 0 Å². The predicted octanol–water partition coefficient (Wildman–Crippen LogP) is 4.60. The summed E-state index contributed by atoms with van der Waals surface area (Å²) in [7, 11) is 0. The van der Waals surface area contributed by atoms with Gasteiger partial charge in [0, 0.05) is 11.8 Å². The first-order valence-electron chi connectivity index (χ1n) is 7.32. The van der Waals surface area contributed by atoms with Crippen LogP contribution in [0.2, 0.25) is 0 Å². The van der Waals surface area contributed by atoms with Crippen molar-refractivity contribution in [3.8, 4) is 0 Å². The van der Waals surface area contributed by atoms with Gasteiger partial charge in [-0.2, -0.15) is 0 Å². The molecule has 0 aliphatic carbocycles. The van der Waals surface area contributed by atoms with Crippen LogP contribution in [0.15, 0.2) is 54.6 Å². The van der Waals surface area contributed by atoms with Crippen molar-refractivity contribution in [1.29, 1.82) is 0 Å². The lowest BCUT2D eigenvalue weighted by Gasteiger charge is -2.05. The molecule has 2 heteroatoms. The fourth-order valence-electron chi connectivity index (χ4n) is 2.14. The fraction of sp³-hybridized carbons (Fsp3) is 0.211. The molecule has 0 fully saturated rings. The van der Waals surface area contributed by atoms with Gasteiger partial charge in [0.2, 0.25) is 5.91 Å². The van der Waals surface area contributed by atoms with Gasteiger partial charge in [-0.1, -0.05) is 55.8 Å². The van der Waals surface area contributed by atoms with Gasteiger partial charge in [0.15, 0.2) is 0 Å². The third-order valence-electron chi connectivity index (χ3n) is 3.35. The molecule has 21 heavy (non-hydrogen) atoms. The van der Waals surface area contributed by atoms with Crippen LogP contribution in [-0.2, 0) is 11.2 Å². The molecule has 108 valence electrons. The zero-order valence-corrected chi connectivity index (χ0v) is 12.6. The third kappa shape index (κ3) is 4.60. The highest BCUT2D eigenvalue weighted by molar-refractivity contribution is 6.02. The van der Waals surface area contributed by atoms with Crippen LogP contribution in [0.25, 0.3) is 6.08 Å². The Morgan fingerprint density at radius 3 is 2.48 bits per heavy atom. The summed E-state index contributed by atoms with van der Waals surface area (Å²) in [6, 6.07) is 16.1. The Hall–Kier alpha value is -2.35. The molecule has 2 rings (SSSR count). The molecule has 2 aromatic carbocycles. The van der Waals surface area contributed by atoms with E-state index in [0.717, 1.165) is 29.7 Å². The van der Waals surface area contributed by atoms with E-state index in [2.05, 4.69) is 24.4 Å². The minimum Gasteiger partial charge on any atom is -0.322 e. The standard InChI is InChI=1S/C19H21NO/c1-3-6-16-9-11-17(12-10-16)13-14-19(21)20-18-8-5-4-7-15(18)2/h4-5,7-14H,3,6H2,1-2H3,(H,20,21)/b14-13+. The van der Waals surface area contributed by atoms with Crippen LogP contribution < -0.4 is 5.32 Å². The normalized spacial score (nSPS) is 10.8. The van der Waals surface area contributed by atoms with E-state index in [0.29, 0.717) is 0 Å². The van der Waals surface area contributed by atoms with Gasteiger partial charge in [-0.3, -0.25) is 4.79 Å². The highest BCUT2D eigenvalue weighted by Crippen LogP contribution is 2.13. The topological polar surface area (TPSA) is 29.1 Å². The van der Waals surface area contributed by atoms with Gasteiger partial charge in [-0.25, -0.2) is 0 Å². The monoisotopic (exact) mass is 279 g/mol. The molecule has 0 unspecified atom stereocenters. The number of hydrogen-bond donors (Lipinski definition) is 1. The van der Waals surface area contributed by atoms with Gasteiger partial charge in [0.25, 0.3) is 0 Å². The Morgan fingerprint density at radius 1 is 1.10 bits per heavy atom. The molecule has 0 aliphatic rings. The largest absolute Gasteiger partial charge is 0.322 e. The van der Waals surface area contributed by atoms with E-state index in [-0.39, 0.29) is 5.91 Å². The van der Waals surface area contributed by atoms with Crippen molar-refractivity contribution in [2.45, 2.75) is 26.7 Å². The van der Waals surface area contributed by atoms with Gasteiger partial charge in [0.05, 0.1) is 0 Å². The lowest BCUT2D eigenvalue weighted by Crippen LogP contribution is -2.08. The van der Waals surface area contributed by atoms with Crippen molar-refractivity contribution in [3.63, 3.8) is 0 Å². The summed E-state index contributed by atoms with van der Waals surface area (Å²) in [5, 5.41) is 2.89. The molecule has 0 bridgehead atoms. The second-order valence-electron chi connectivity index (χ2n) is 5.13. The van der Waals surface area contributed by atoms with E-state index >= 15 is 0 Å². The average molecular weight is 279 g/mol. The number of benzene rings is 2. The van der Waals surface area contributed by atoms with Crippen molar-refractivity contribution in [1.82, 2.24) is 0 Å². The van der Waals surface area contributed by atoms with Crippen molar-refractivity contribution < 1.29 is 4.79 Å². The van der Waals surface area contributed by atoms with E-state index in [9.17, 15) is 4.79 Å². The van der Waals surface area contributed by atoms with E-state index in [4.69, 9.17) is 0 Å². The average Bonchev–Trinajstić information content (AvgIpc) is 2.49.